The first-order chi connectivity index (χ1) is 12.5. The zero-order valence-electron chi connectivity index (χ0n) is 17.1. The molecular weight excluding hydrogens is 324 g/mol. The van der Waals surface area contributed by atoms with Crippen LogP contribution in [0.2, 0.25) is 0 Å². The monoisotopic (exact) mass is 358 g/mol. The Hall–Kier alpha value is -2.04. The SMILES string of the molecule is CNCCc1ccc(C)c(C)c1.CNCCc1ccc(OC)c(OC)c1. The summed E-state index contributed by atoms with van der Waals surface area (Å²) in [7, 11) is 7.23. The molecule has 0 heterocycles. The van der Waals surface area contributed by atoms with E-state index < -0.39 is 0 Å². The lowest BCUT2D eigenvalue weighted by Gasteiger charge is -2.09. The van der Waals surface area contributed by atoms with Crippen LogP contribution >= 0.6 is 0 Å². The van der Waals surface area contributed by atoms with Gasteiger partial charge < -0.3 is 20.1 Å². The quantitative estimate of drug-likeness (QED) is 0.758. The topological polar surface area (TPSA) is 42.5 Å². The Labute approximate surface area is 158 Å². The van der Waals surface area contributed by atoms with E-state index in [-0.39, 0.29) is 0 Å². The first-order valence-electron chi connectivity index (χ1n) is 9.12. The molecule has 2 aromatic carbocycles. The fourth-order valence-corrected chi connectivity index (χ4v) is 2.53. The zero-order valence-corrected chi connectivity index (χ0v) is 17.1. The van der Waals surface area contributed by atoms with Gasteiger partial charge in [0.25, 0.3) is 0 Å². The zero-order chi connectivity index (χ0) is 19.4. The second-order valence-electron chi connectivity index (χ2n) is 6.32. The summed E-state index contributed by atoms with van der Waals surface area (Å²) in [5.74, 6) is 1.57. The van der Waals surface area contributed by atoms with Gasteiger partial charge in [0.15, 0.2) is 11.5 Å². The second kappa shape index (κ2) is 12.3. The second-order valence-corrected chi connectivity index (χ2v) is 6.32. The van der Waals surface area contributed by atoms with Crippen molar-refractivity contribution in [3.8, 4) is 11.5 Å². The Bertz CT molecular complexity index is 657. The molecule has 0 spiro atoms. The average Bonchev–Trinajstić information content (AvgIpc) is 2.67. The molecule has 144 valence electrons. The van der Waals surface area contributed by atoms with Gasteiger partial charge in [0.05, 0.1) is 14.2 Å². The van der Waals surface area contributed by atoms with Crippen molar-refractivity contribution in [1.82, 2.24) is 10.6 Å². The fourth-order valence-electron chi connectivity index (χ4n) is 2.53. The molecule has 0 saturated carbocycles. The first-order valence-corrected chi connectivity index (χ1v) is 9.12. The van der Waals surface area contributed by atoms with Crippen LogP contribution in [0.25, 0.3) is 0 Å². The van der Waals surface area contributed by atoms with Crippen molar-refractivity contribution in [2.24, 2.45) is 0 Å². The minimum absolute atomic E-state index is 0.778. The molecule has 0 radical (unpaired) electrons. The van der Waals surface area contributed by atoms with Gasteiger partial charge in [-0.05, 0) is 88.3 Å². The summed E-state index contributed by atoms with van der Waals surface area (Å²) in [6, 6.07) is 12.7. The standard InChI is InChI=1S/C11H17NO2.C11H17N/c1-12-7-6-9-4-5-10(13-2)11(8-9)14-3;1-9-4-5-11(6-7-12-3)8-10(9)2/h4-5,8,12H,6-7H2,1-3H3;4-5,8,12H,6-7H2,1-3H3. The Balaban J connectivity index is 0.000000263. The normalized spacial score (nSPS) is 10.1. The van der Waals surface area contributed by atoms with Crippen molar-refractivity contribution in [2.45, 2.75) is 26.7 Å². The maximum atomic E-state index is 5.21. The summed E-state index contributed by atoms with van der Waals surface area (Å²) in [5, 5.41) is 6.26. The molecule has 2 aromatic rings. The number of hydrogen-bond acceptors (Lipinski definition) is 4. The molecule has 4 nitrogen and oxygen atoms in total. The third-order valence-corrected chi connectivity index (χ3v) is 4.35. The van der Waals surface area contributed by atoms with Crippen LogP contribution < -0.4 is 20.1 Å². The Morgan fingerprint density at radius 3 is 1.73 bits per heavy atom. The van der Waals surface area contributed by atoms with Gasteiger partial charge in [0, 0.05) is 0 Å². The van der Waals surface area contributed by atoms with Crippen LogP contribution in [0.4, 0.5) is 0 Å². The number of benzene rings is 2. The number of methoxy groups -OCH3 is 2. The number of nitrogens with one attached hydrogen (secondary N) is 2. The smallest absolute Gasteiger partial charge is 0.160 e. The summed E-state index contributed by atoms with van der Waals surface area (Å²) in [4.78, 5) is 0. The van der Waals surface area contributed by atoms with Crippen LogP contribution in [0, 0.1) is 13.8 Å². The maximum Gasteiger partial charge on any atom is 0.160 e. The number of rotatable bonds is 8. The lowest BCUT2D eigenvalue weighted by atomic mass is 10.0. The summed E-state index contributed by atoms with van der Waals surface area (Å²) < 4.78 is 10.4. The number of hydrogen-bond donors (Lipinski definition) is 2. The van der Waals surface area contributed by atoms with Crippen molar-refractivity contribution in [2.75, 3.05) is 41.4 Å². The summed E-state index contributed by atoms with van der Waals surface area (Å²) in [6.45, 7) is 6.34. The van der Waals surface area contributed by atoms with E-state index in [2.05, 4.69) is 48.7 Å². The lowest BCUT2D eigenvalue weighted by Crippen LogP contribution is -2.10. The van der Waals surface area contributed by atoms with E-state index in [0.29, 0.717) is 0 Å². The molecule has 0 saturated heterocycles. The van der Waals surface area contributed by atoms with Gasteiger partial charge >= 0.3 is 0 Å². The fraction of sp³-hybridized carbons (Fsp3) is 0.455. The molecule has 0 aliphatic heterocycles. The van der Waals surface area contributed by atoms with Crippen LogP contribution in [0.1, 0.15) is 22.3 Å². The summed E-state index contributed by atoms with van der Waals surface area (Å²) >= 11 is 0. The molecule has 0 fully saturated rings. The molecule has 0 bridgehead atoms. The van der Waals surface area contributed by atoms with Crippen molar-refractivity contribution in [3.63, 3.8) is 0 Å². The molecule has 0 aliphatic carbocycles. The molecule has 4 heteroatoms. The highest BCUT2D eigenvalue weighted by atomic mass is 16.5. The molecule has 0 aromatic heterocycles. The molecular formula is C22H34N2O2. The minimum Gasteiger partial charge on any atom is -0.493 e. The van der Waals surface area contributed by atoms with Crippen LogP contribution in [0.15, 0.2) is 36.4 Å². The molecule has 2 rings (SSSR count). The third-order valence-electron chi connectivity index (χ3n) is 4.35. The highest BCUT2D eigenvalue weighted by Gasteiger charge is 2.03. The van der Waals surface area contributed by atoms with E-state index in [0.717, 1.165) is 37.4 Å². The summed E-state index contributed by atoms with van der Waals surface area (Å²) in [5.41, 5.74) is 5.44. The van der Waals surface area contributed by atoms with Crippen LogP contribution in [-0.4, -0.2) is 41.4 Å². The molecule has 2 N–H and O–H groups in total. The molecule has 0 aliphatic rings. The largest absolute Gasteiger partial charge is 0.493 e. The van der Waals surface area contributed by atoms with Gasteiger partial charge in [-0.2, -0.15) is 0 Å². The molecule has 26 heavy (non-hydrogen) atoms. The lowest BCUT2D eigenvalue weighted by molar-refractivity contribution is 0.354. The number of likely N-dealkylation sites (N-methyl/N-ethyl adjacent to an activating group) is 2. The van der Waals surface area contributed by atoms with E-state index in [9.17, 15) is 0 Å². The predicted molar refractivity (Wildman–Crippen MR) is 111 cm³/mol. The van der Waals surface area contributed by atoms with E-state index in [1.807, 2.05) is 26.2 Å². The predicted octanol–water partition coefficient (Wildman–Crippen LogP) is 3.53. The van der Waals surface area contributed by atoms with E-state index >= 15 is 0 Å². The highest BCUT2D eigenvalue weighted by molar-refractivity contribution is 5.42. The van der Waals surface area contributed by atoms with Gasteiger partial charge in [-0.1, -0.05) is 24.3 Å². The Morgan fingerprint density at radius 1 is 0.692 bits per heavy atom. The number of ether oxygens (including phenoxy) is 2. The Kier molecular flexibility index (Phi) is 10.4. The van der Waals surface area contributed by atoms with Crippen molar-refractivity contribution >= 4 is 0 Å². The molecule has 0 amide bonds. The molecule has 0 atom stereocenters. The van der Waals surface area contributed by atoms with Gasteiger partial charge in [-0.3, -0.25) is 0 Å². The maximum absolute atomic E-state index is 5.21. The third kappa shape index (κ3) is 7.46. The van der Waals surface area contributed by atoms with Crippen LogP contribution in [0.3, 0.4) is 0 Å². The summed E-state index contributed by atoms with van der Waals surface area (Å²) in [6.07, 6.45) is 2.12. The van der Waals surface area contributed by atoms with Gasteiger partial charge in [0.1, 0.15) is 0 Å². The molecule has 0 unspecified atom stereocenters. The van der Waals surface area contributed by atoms with Crippen LogP contribution in [0.5, 0.6) is 11.5 Å². The first kappa shape index (κ1) is 22.0. The van der Waals surface area contributed by atoms with Gasteiger partial charge in [-0.25, -0.2) is 0 Å². The van der Waals surface area contributed by atoms with Crippen molar-refractivity contribution in [3.05, 3.63) is 58.7 Å². The number of aryl methyl sites for hydroxylation is 2. The van der Waals surface area contributed by atoms with E-state index in [4.69, 9.17) is 9.47 Å². The average molecular weight is 359 g/mol. The highest BCUT2D eigenvalue weighted by Crippen LogP contribution is 2.27. The van der Waals surface area contributed by atoms with Crippen molar-refractivity contribution < 1.29 is 9.47 Å². The van der Waals surface area contributed by atoms with Gasteiger partial charge in [-0.15, -0.1) is 0 Å². The van der Waals surface area contributed by atoms with Gasteiger partial charge in [0.2, 0.25) is 0 Å². The van der Waals surface area contributed by atoms with E-state index in [1.54, 1.807) is 14.2 Å². The Morgan fingerprint density at radius 2 is 1.23 bits per heavy atom. The van der Waals surface area contributed by atoms with Crippen LogP contribution in [-0.2, 0) is 12.8 Å². The van der Waals surface area contributed by atoms with E-state index in [1.165, 1.54) is 22.3 Å². The minimum atomic E-state index is 0.778. The van der Waals surface area contributed by atoms with Crippen molar-refractivity contribution in [1.29, 1.82) is 0 Å².